The van der Waals surface area contributed by atoms with Gasteiger partial charge in [-0.3, -0.25) is 9.59 Å². The van der Waals surface area contributed by atoms with Crippen molar-refractivity contribution in [3.63, 3.8) is 0 Å². The molecular formula is C36H69NO3. The summed E-state index contributed by atoms with van der Waals surface area (Å²) in [7, 11) is 0. The van der Waals surface area contributed by atoms with Crippen molar-refractivity contribution in [3.05, 3.63) is 24.3 Å². The fourth-order valence-corrected chi connectivity index (χ4v) is 4.72. The molecule has 0 saturated heterocycles. The van der Waals surface area contributed by atoms with E-state index in [0.717, 1.165) is 25.7 Å². The highest BCUT2D eigenvalue weighted by Gasteiger charge is 1.96. The molecule has 0 aromatic heterocycles. The number of carboxylic acids is 1. The van der Waals surface area contributed by atoms with E-state index in [0.29, 0.717) is 12.8 Å². The summed E-state index contributed by atoms with van der Waals surface area (Å²) in [6.07, 6.45) is 43.2. The van der Waals surface area contributed by atoms with Gasteiger partial charge in [0, 0.05) is 12.8 Å². The number of hydrogen-bond acceptors (Lipinski definition) is 2. The fourth-order valence-electron chi connectivity index (χ4n) is 4.72. The molecule has 0 bridgehead atoms. The molecule has 4 heteroatoms. The summed E-state index contributed by atoms with van der Waals surface area (Å²) in [5, 5.41) is 8.51. The van der Waals surface area contributed by atoms with Crippen LogP contribution in [-0.2, 0) is 9.59 Å². The maximum Gasteiger partial charge on any atom is 0.303 e. The highest BCUT2D eigenvalue weighted by atomic mass is 16.4. The second-order valence-electron chi connectivity index (χ2n) is 11.5. The Kier molecular flexibility index (Phi) is 37.9. The number of hydrogen-bond donors (Lipinski definition) is 2. The van der Waals surface area contributed by atoms with Crippen LogP contribution in [0.15, 0.2) is 24.3 Å². The summed E-state index contributed by atoms with van der Waals surface area (Å²) in [6, 6.07) is 0. The van der Waals surface area contributed by atoms with Gasteiger partial charge in [0.15, 0.2) is 0 Å². The van der Waals surface area contributed by atoms with Gasteiger partial charge >= 0.3 is 5.97 Å². The monoisotopic (exact) mass is 564 g/mol. The summed E-state index contributed by atoms with van der Waals surface area (Å²) in [4.78, 5) is 20.9. The molecule has 40 heavy (non-hydrogen) atoms. The normalized spacial score (nSPS) is 11.2. The lowest BCUT2D eigenvalue weighted by molar-refractivity contribution is -0.137. The molecule has 1 amide bonds. The SMILES string of the molecule is CCCCCCCCC=CCCCCCCCC(=O)O.CCCCCCCCC=CCCCCCCCC(N)=O. The number of amides is 1. The van der Waals surface area contributed by atoms with Gasteiger partial charge in [-0.15, -0.1) is 0 Å². The van der Waals surface area contributed by atoms with E-state index in [9.17, 15) is 9.59 Å². The average molecular weight is 564 g/mol. The third-order valence-corrected chi connectivity index (χ3v) is 7.34. The molecule has 0 spiro atoms. The Balaban J connectivity index is 0. The van der Waals surface area contributed by atoms with Crippen molar-refractivity contribution in [2.45, 2.75) is 194 Å². The van der Waals surface area contributed by atoms with E-state index >= 15 is 0 Å². The lowest BCUT2D eigenvalue weighted by Gasteiger charge is -1.99. The van der Waals surface area contributed by atoms with Gasteiger partial charge in [-0.2, -0.15) is 0 Å². The van der Waals surface area contributed by atoms with Gasteiger partial charge < -0.3 is 10.8 Å². The van der Waals surface area contributed by atoms with Crippen molar-refractivity contribution in [3.8, 4) is 0 Å². The molecule has 236 valence electrons. The fraction of sp³-hybridized carbons (Fsp3) is 0.833. The number of rotatable bonds is 30. The first-order valence-corrected chi connectivity index (χ1v) is 17.3. The van der Waals surface area contributed by atoms with Gasteiger partial charge in [-0.25, -0.2) is 0 Å². The van der Waals surface area contributed by atoms with Gasteiger partial charge in [0.05, 0.1) is 0 Å². The van der Waals surface area contributed by atoms with E-state index in [1.54, 1.807) is 0 Å². The zero-order valence-electron chi connectivity index (χ0n) is 26.9. The van der Waals surface area contributed by atoms with Crippen LogP contribution in [0.3, 0.4) is 0 Å². The number of carbonyl (C=O) groups excluding carboxylic acids is 1. The maximum absolute atomic E-state index is 10.5. The first kappa shape index (κ1) is 40.6. The van der Waals surface area contributed by atoms with Crippen LogP contribution in [0.2, 0.25) is 0 Å². The number of carboxylic acid groups (broad SMARTS) is 1. The minimum Gasteiger partial charge on any atom is -0.481 e. The van der Waals surface area contributed by atoms with E-state index in [1.807, 2.05) is 0 Å². The number of unbranched alkanes of at least 4 members (excludes halogenated alkanes) is 22. The molecule has 0 aromatic carbocycles. The Labute approximate surface area is 250 Å². The minimum atomic E-state index is -0.664. The molecule has 0 heterocycles. The van der Waals surface area contributed by atoms with Crippen LogP contribution >= 0.6 is 0 Å². The maximum atomic E-state index is 10.5. The van der Waals surface area contributed by atoms with Crippen molar-refractivity contribution >= 4 is 11.9 Å². The average Bonchev–Trinajstić information content (AvgIpc) is 2.93. The molecule has 0 fully saturated rings. The zero-order chi connectivity index (χ0) is 29.8. The predicted octanol–water partition coefficient (Wildman–Crippen LogP) is 11.6. The van der Waals surface area contributed by atoms with Crippen LogP contribution in [0.4, 0.5) is 0 Å². The van der Waals surface area contributed by atoms with Gasteiger partial charge in [-0.1, -0.05) is 141 Å². The molecule has 0 radical (unpaired) electrons. The Morgan fingerprint density at radius 2 is 0.725 bits per heavy atom. The number of aliphatic carboxylic acids is 1. The molecule has 0 saturated carbocycles. The van der Waals surface area contributed by atoms with Gasteiger partial charge in [0.2, 0.25) is 5.91 Å². The highest BCUT2D eigenvalue weighted by Crippen LogP contribution is 2.11. The minimum absolute atomic E-state index is 0.164. The van der Waals surface area contributed by atoms with Crippen molar-refractivity contribution < 1.29 is 14.7 Å². The van der Waals surface area contributed by atoms with Crippen molar-refractivity contribution in [2.24, 2.45) is 5.73 Å². The van der Waals surface area contributed by atoms with Crippen LogP contribution in [0.5, 0.6) is 0 Å². The van der Waals surface area contributed by atoms with Crippen molar-refractivity contribution in [2.75, 3.05) is 0 Å². The standard InChI is InChI=1S/C18H35NO.C18H34O2/c2*1-2-3-4-5-6-7-8-9-10-11-12-13-14-15-16-17-18(19)20/h9-10H,2-8,11-17H2,1H3,(H2,19,20);9-10H,2-8,11-17H2,1H3,(H,19,20). The largest absolute Gasteiger partial charge is 0.481 e. The molecule has 0 aliphatic rings. The van der Waals surface area contributed by atoms with Crippen LogP contribution in [-0.4, -0.2) is 17.0 Å². The Hall–Kier alpha value is -1.58. The summed E-state index contributed by atoms with van der Waals surface area (Å²) < 4.78 is 0. The predicted molar refractivity (Wildman–Crippen MR) is 176 cm³/mol. The van der Waals surface area contributed by atoms with E-state index in [4.69, 9.17) is 10.8 Å². The van der Waals surface area contributed by atoms with E-state index in [2.05, 4.69) is 38.2 Å². The van der Waals surface area contributed by atoms with E-state index < -0.39 is 5.97 Å². The summed E-state index contributed by atoms with van der Waals surface area (Å²) in [5.74, 6) is -0.828. The van der Waals surface area contributed by atoms with Crippen molar-refractivity contribution in [1.29, 1.82) is 0 Å². The molecule has 0 unspecified atom stereocenters. The third-order valence-electron chi connectivity index (χ3n) is 7.34. The lowest BCUT2D eigenvalue weighted by Crippen LogP contribution is -2.09. The Bertz CT molecular complexity index is 520. The molecule has 3 N–H and O–H groups in total. The summed E-state index contributed by atoms with van der Waals surface area (Å²) >= 11 is 0. The first-order chi connectivity index (χ1) is 19.5. The van der Waals surface area contributed by atoms with Crippen LogP contribution in [0, 0.1) is 0 Å². The summed E-state index contributed by atoms with van der Waals surface area (Å²) in [6.45, 7) is 4.52. The second kappa shape index (κ2) is 37.4. The number of carbonyl (C=O) groups is 2. The van der Waals surface area contributed by atoms with E-state index in [-0.39, 0.29) is 5.91 Å². The van der Waals surface area contributed by atoms with Crippen LogP contribution < -0.4 is 5.73 Å². The first-order valence-electron chi connectivity index (χ1n) is 17.3. The zero-order valence-corrected chi connectivity index (χ0v) is 26.9. The third kappa shape index (κ3) is 43.5. The van der Waals surface area contributed by atoms with Gasteiger partial charge in [0.25, 0.3) is 0 Å². The molecule has 0 rings (SSSR count). The Morgan fingerprint density at radius 3 is 1.02 bits per heavy atom. The molecule has 0 aromatic rings. The van der Waals surface area contributed by atoms with Crippen molar-refractivity contribution in [1.82, 2.24) is 0 Å². The van der Waals surface area contributed by atoms with E-state index in [1.165, 1.54) is 141 Å². The van der Waals surface area contributed by atoms with Crippen LogP contribution in [0.25, 0.3) is 0 Å². The quantitative estimate of drug-likeness (QED) is 0.0673. The van der Waals surface area contributed by atoms with Gasteiger partial charge in [-0.05, 0) is 64.2 Å². The summed E-state index contributed by atoms with van der Waals surface area (Å²) in [5.41, 5.74) is 5.10. The smallest absolute Gasteiger partial charge is 0.303 e. The molecule has 0 aliphatic carbocycles. The number of nitrogens with two attached hydrogens (primary N) is 1. The van der Waals surface area contributed by atoms with Crippen LogP contribution in [0.1, 0.15) is 194 Å². The molecular weight excluding hydrogens is 494 g/mol. The second-order valence-corrected chi connectivity index (χ2v) is 11.5. The molecule has 4 nitrogen and oxygen atoms in total. The lowest BCUT2D eigenvalue weighted by atomic mass is 10.1. The van der Waals surface area contributed by atoms with Gasteiger partial charge in [0.1, 0.15) is 0 Å². The Morgan fingerprint density at radius 1 is 0.450 bits per heavy atom. The number of allylic oxidation sites excluding steroid dienone is 4. The highest BCUT2D eigenvalue weighted by molar-refractivity contribution is 5.73. The molecule has 0 atom stereocenters. The molecule has 0 aliphatic heterocycles. The topological polar surface area (TPSA) is 80.4 Å². The number of primary amides is 1.